The van der Waals surface area contributed by atoms with Crippen molar-refractivity contribution in [2.24, 2.45) is 0 Å². The maximum atomic E-state index is 4.39. The van der Waals surface area contributed by atoms with Crippen LogP contribution in [-0.4, -0.2) is 9.78 Å². The number of hydrogen-bond donors (Lipinski definition) is 0. The van der Waals surface area contributed by atoms with Crippen LogP contribution < -0.4 is 0 Å². The van der Waals surface area contributed by atoms with Crippen LogP contribution in [0.2, 0.25) is 0 Å². The second-order valence-corrected chi connectivity index (χ2v) is 6.04. The molecule has 1 heterocycles. The Bertz CT molecular complexity index is 301. The first-order valence-electron chi connectivity index (χ1n) is 3.44. The van der Waals surface area contributed by atoms with Gasteiger partial charge in [-0.05, 0) is 75.2 Å². The normalized spacial score (nSPS) is 12.2. The minimum absolute atomic E-state index is 0.0186. The van der Waals surface area contributed by atoms with Crippen LogP contribution in [0.5, 0.6) is 0 Å². The Kier molecular flexibility index (Phi) is 3.27. The van der Waals surface area contributed by atoms with E-state index in [1.165, 1.54) is 0 Å². The molecule has 0 aliphatic heterocycles. The molecule has 1 aromatic heterocycles. The van der Waals surface area contributed by atoms with Gasteiger partial charge in [0.1, 0.15) is 8.30 Å². The smallest absolute Gasteiger partial charge is 0.138 e. The van der Waals surface area contributed by atoms with Crippen molar-refractivity contribution in [3.8, 4) is 0 Å². The zero-order chi connectivity index (χ0) is 9.52. The van der Waals surface area contributed by atoms with E-state index in [1.807, 2.05) is 4.68 Å². The van der Waals surface area contributed by atoms with Crippen LogP contribution in [0, 0.1) is 3.70 Å². The van der Waals surface area contributed by atoms with Crippen LogP contribution in [0.25, 0.3) is 0 Å². The molecular weight excluding hydrogens is 399 g/mol. The van der Waals surface area contributed by atoms with Gasteiger partial charge in [0.05, 0.1) is 10.0 Å². The van der Waals surface area contributed by atoms with Gasteiger partial charge in [0.2, 0.25) is 0 Å². The lowest BCUT2D eigenvalue weighted by atomic mass is 10.1. The largest absolute Gasteiger partial charge is 0.251 e. The molecular formula is C7H9Br2IN2. The second-order valence-electron chi connectivity index (χ2n) is 3.48. The molecule has 12 heavy (non-hydrogen) atoms. The quantitative estimate of drug-likeness (QED) is 0.599. The highest BCUT2D eigenvalue weighted by atomic mass is 127. The first-order chi connectivity index (χ1) is 5.34. The van der Waals surface area contributed by atoms with Crippen molar-refractivity contribution in [3.63, 3.8) is 0 Å². The number of nitrogens with zero attached hydrogens (tertiary/aromatic N) is 2. The molecule has 0 spiro atoms. The molecule has 68 valence electrons. The van der Waals surface area contributed by atoms with E-state index in [1.54, 1.807) is 0 Å². The minimum atomic E-state index is 0.0186. The van der Waals surface area contributed by atoms with Crippen LogP contribution in [0.15, 0.2) is 9.08 Å². The van der Waals surface area contributed by atoms with Crippen LogP contribution in [-0.2, 0) is 5.54 Å². The minimum Gasteiger partial charge on any atom is -0.251 e. The van der Waals surface area contributed by atoms with Gasteiger partial charge in [-0.15, -0.1) is 0 Å². The summed E-state index contributed by atoms with van der Waals surface area (Å²) < 4.78 is 4.96. The van der Waals surface area contributed by atoms with Gasteiger partial charge in [0, 0.05) is 0 Å². The molecule has 0 atom stereocenters. The number of halogens is 3. The topological polar surface area (TPSA) is 17.8 Å². The summed E-state index contributed by atoms with van der Waals surface area (Å²) in [5.41, 5.74) is 0.0186. The molecule has 1 aromatic rings. The molecule has 0 aromatic carbocycles. The Morgan fingerprint density at radius 1 is 1.33 bits per heavy atom. The summed E-state index contributed by atoms with van der Waals surface area (Å²) in [6.07, 6.45) is 0. The summed E-state index contributed by atoms with van der Waals surface area (Å²) in [4.78, 5) is 0. The first kappa shape index (κ1) is 11.0. The SMILES string of the molecule is CC(C)(C)n1nc(I)c(Br)c1Br. The van der Waals surface area contributed by atoms with E-state index >= 15 is 0 Å². The summed E-state index contributed by atoms with van der Waals surface area (Å²) in [6, 6.07) is 0. The second kappa shape index (κ2) is 3.57. The lowest BCUT2D eigenvalue weighted by Gasteiger charge is -2.20. The number of hydrogen-bond acceptors (Lipinski definition) is 1. The molecule has 0 radical (unpaired) electrons. The third-order valence-electron chi connectivity index (χ3n) is 1.37. The molecule has 0 saturated heterocycles. The molecule has 0 amide bonds. The number of aromatic nitrogens is 2. The van der Waals surface area contributed by atoms with E-state index in [0.29, 0.717) is 0 Å². The third kappa shape index (κ3) is 2.04. The van der Waals surface area contributed by atoms with Crippen molar-refractivity contribution in [1.82, 2.24) is 9.78 Å². The summed E-state index contributed by atoms with van der Waals surface area (Å²) >= 11 is 9.14. The molecule has 0 fully saturated rings. The van der Waals surface area contributed by atoms with Gasteiger partial charge in [0.15, 0.2) is 0 Å². The summed E-state index contributed by atoms with van der Waals surface area (Å²) in [5.74, 6) is 0. The Balaban J connectivity index is 3.28. The Morgan fingerprint density at radius 2 is 1.83 bits per heavy atom. The fourth-order valence-electron chi connectivity index (χ4n) is 0.798. The van der Waals surface area contributed by atoms with E-state index in [9.17, 15) is 0 Å². The van der Waals surface area contributed by atoms with E-state index in [2.05, 4.69) is 80.3 Å². The molecule has 0 saturated carbocycles. The molecule has 2 nitrogen and oxygen atoms in total. The average molecular weight is 408 g/mol. The van der Waals surface area contributed by atoms with Gasteiger partial charge < -0.3 is 0 Å². The van der Waals surface area contributed by atoms with Crippen molar-refractivity contribution in [1.29, 1.82) is 0 Å². The fraction of sp³-hybridized carbons (Fsp3) is 0.571. The van der Waals surface area contributed by atoms with Crippen LogP contribution in [0.3, 0.4) is 0 Å². The summed E-state index contributed by atoms with van der Waals surface area (Å²) in [6.45, 7) is 6.36. The van der Waals surface area contributed by atoms with E-state index in [0.717, 1.165) is 12.8 Å². The van der Waals surface area contributed by atoms with Gasteiger partial charge in [-0.2, -0.15) is 5.10 Å². The standard InChI is InChI=1S/C7H9Br2IN2/c1-7(2,3)12-5(9)4(8)6(10)11-12/h1-3H3. The van der Waals surface area contributed by atoms with Crippen molar-refractivity contribution in [2.45, 2.75) is 26.3 Å². The molecule has 0 N–H and O–H groups in total. The van der Waals surface area contributed by atoms with Gasteiger partial charge in [-0.3, -0.25) is 4.68 Å². The molecule has 0 aliphatic rings. The van der Waals surface area contributed by atoms with Gasteiger partial charge in [0.25, 0.3) is 0 Å². The highest BCUT2D eigenvalue weighted by Gasteiger charge is 2.20. The molecule has 1 rings (SSSR count). The van der Waals surface area contributed by atoms with E-state index < -0.39 is 0 Å². The van der Waals surface area contributed by atoms with E-state index in [4.69, 9.17) is 0 Å². The van der Waals surface area contributed by atoms with Gasteiger partial charge in [-0.25, -0.2) is 0 Å². The van der Waals surface area contributed by atoms with Crippen LogP contribution in [0.4, 0.5) is 0 Å². The predicted molar refractivity (Wildman–Crippen MR) is 65.3 cm³/mol. The number of rotatable bonds is 0. The van der Waals surface area contributed by atoms with Crippen LogP contribution >= 0.6 is 54.5 Å². The maximum absolute atomic E-state index is 4.39. The van der Waals surface area contributed by atoms with Crippen LogP contribution in [0.1, 0.15) is 20.8 Å². The highest BCUT2D eigenvalue weighted by molar-refractivity contribution is 14.1. The predicted octanol–water partition coefficient (Wildman–Crippen LogP) is 3.77. The average Bonchev–Trinajstić information content (AvgIpc) is 2.15. The highest BCUT2D eigenvalue weighted by Crippen LogP contribution is 2.31. The zero-order valence-corrected chi connectivity index (χ0v) is 12.4. The monoisotopic (exact) mass is 406 g/mol. The third-order valence-corrected chi connectivity index (χ3v) is 4.88. The Morgan fingerprint density at radius 3 is 2.00 bits per heavy atom. The lowest BCUT2D eigenvalue weighted by molar-refractivity contribution is 0.347. The van der Waals surface area contributed by atoms with Gasteiger partial charge >= 0.3 is 0 Å². The molecule has 0 bridgehead atoms. The first-order valence-corrected chi connectivity index (χ1v) is 6.10. The van der Waals surface area contributed by atoms with Gasteiger partial charge in [-0.1, -0.05) is 0 Å². The lowest BCUT2D eigenvalue weighted by Crippen LogP contribution is -2.23. The van der Waals surface area contributed by atoms with Crippen molar-refractivity contribution in [3.05, 3.63) is 12.8 Å². The summed E-state index contributed by atoms with van der Waals surface area (Å²) in [7, 11) is 0. The Hall–Kier alpha value is 0.900. The zero-order valence-electron chi connectivity index (χ0n) is 7.03. The van der Waals surface area contributed by atoms with Crippen molar-refractivity contribution in [2.75, 3.05) is 0 Å². The fourth-order valence-corrected chi connectivity index (χ4v) is 2.69. The molecule has 5 heteroatoms. The summed E-state index contributed by atoms with van der Waals surface area (Å²) in [5, 5.41) is 4.39. The maximum Gasteiger partial charge on any atom is 0.138 e. The molecule has 0 aliphatic carbocycles. The molecule has 0 unspecified atom stereocenters. The van der Waals surface area contributed by atoms with Crippen molar-refractivity contribution >= 4 is 54.5 Å². The Labute approximate surface area is 102 Å². The van der Waals surface area contributed by atoms with Crippen molar-refractivity contribution < 1.29 is 0 Å². The van der Waals surface area contributed by atoms with E-state index in [-0.39, 0.29) is 5.54 Å².